The molecule has 0 radical (unpaired) electrons. The summed E-state index contributed by atoms with van der Waals surface area (Å²) < 4.78 is 54.1. The molecule has 0 aliphatic heterocycles. The molecular weight excluding hydrogens is 568 g/mol. The summed E-state index contributed by atoms with van der Waals surface area (Å²) in [5, 5.41) is 2.58. The third kappa shape index (κ3) is 7.59. The van der Waals surface area contributed by atoms with Crippen LogP contribution in [0.15, 0.2) is 77.3 Å². The molecule has 0 unspecified atom stereocenters. The van der Waals surface area contributed by atoms with E-state index in [2.05, 4.69) is 21.2 Å². The van der Waals surface area contributed by atoms with Crippen LogP contribution in [-0.2, 0) is 32.6 Å². The Kier molecular flexibility index (Phi) is 9.39. The lowest BCUT2D eigenvalue weighted by molar-refractivity contribution is -0.139. The number of nitrogens with zero attached hydrogens (tertiary/aromatic N) is 2. The van der Waals surface area contributed by atoms with Gasteiger partial charge in [0, 0.05) is 30.6 Å². The Morgan fingerprint density at radius 3 is 2.16 bits per heavy atom. The van der Waals surface area contributed by atoms with Crippen LogP contribution in [0.1, 0.15) is 11.1 Å². The van der Waals surface area contributed by atoms with Gasteiger partial charge in [0.05, 0.1) is 11.9 Å². The van der Waals surface area contributed by atoms with E-state index in [-0.39, 0.29) is 18.7 Å². The van der Waals surface area contributed by atoms with Crippen LogP contribution in [-0.4, -0.2) is 51.0 Å². The van der Waals surface area contributed by atoms with Crippen LogP contribution in [0.5, 0.6) is 0 Å². The van der Waals surface area contributed by atoms with E-state index in [0.29, 0.717) is 15.9 Å². The van der Waals surface area contributed by atoms with Crippen LogP contribution in [0.4, 0.5) is 14.5 Å². The van der Waals surface area contributed by atoms with Crippen molar-refractivity contribution in [3.05, 3.63) is 100 Å². The molecule has 1 N–H and O–H groups in total. The summed E-state index contributed by atoms with van der Waals surface area (Å²) in [6.45, 7) is -0.713. The minimum atomic E-state index is -4.08. The van der Waals surface area contributed by atoms with Crippen molar-refractivity contribution in [2.24, 2.45) is 0 Å². The number of carbonyl (C=O) groups excluding carboxylic acids is 2. The molecule has 0 spiro atoms. The minimum absolute atomic E-state index is 0.00636. The fourth-order valence-electron chi connectivity index (χ4n) is 3.76. The predicted octanol–water partition coefficient (Wildman–Crippen LogP) is 3.88. The van der Waals surface area contributed by atoms with Gasteiger partial charge in [-0.1, -0.05) is 58.4 Å². The standard InChI is InChI=1S/C26H26BrF2N3O4S/c1-30-26(34)24(14-18-6-4-3-5-7-18)31(16-19-8-10-20(27)11-9-19)25(33)17-32(37(2,35)36)21-12-13-22(28)23(29)15-21/h3-13,15,24H,14,16-17H2,1-2H3,(H,30,34)/t24-/m0/s1. The third-order valence-electron chi connectivity index (χ3n) is 5.65. The number of anilines is 1. The summed E-state index contributed by atoms with van der Waals surface area (Å²) in [4.78, 5) is 28.0. The van der Waals surface area contributed by atoms with E-state index >= 15 is 0 Å². The zero-order valence-electron chi connectivity index (χ0n) is 20.2. The zero-order chi connectivity index (χ0) is 27.2. The summed E-state index contributed by atoms with van der Waals surface area (Å²) in [6, 6.07) is 17.8. The Labute approximate surface area is 223 Å². The molecule has 0 aliphatic rings. The summed E-state index contributed by atoms with van der Waals surface area (Å²) in [6.07, 6.45) is 1.04. The lowest BCUT2D eigenvalue weighted by Gasteiger charge is -2.33. The molecule has 0 saturated heterocycles. The van der Waals surface area contributed by atoms with Crippen LogP contribution in [0.3, 0.4) is 0 Å². The first-order chi connectivity index (χ1) is 17.5. The molecular formula is C26H26BrF2N3O4S. The maximum atomic E-state index is 13.9. The fraction of sp³-hybridized carbons (Fsp3) is 0.231. The van der Waals surface area contributed by atoms with Gasteiger partial charge in [-0.3, -0.25) is 13.9 Å². The van der Waals surface area contributed by atoms with Gasteiger partial charge in [-0.05, 0) is 35.4 Å². The monoisotopic (exact) mass is 593 g/mol. The van der Waals surface area contributed by atoms with Gasteiger partial charge in [-0.2, -0.15) is 0 Å². The van der Waals surface area contributed by atoms with Crippen LogP contribution >= 0.6 is 15.9 Å². The Hall–Kier alpha value is -3.31. The SMILES string of the molecule is CNC(=O)[C@H](Cc1ccccc1)N(Cc1ccc(Br)cc1)C(=O)CN(c1ccc(F)c(F)c1)S(C)(=O)=O. The van der Waals surface area contributed by atoms with Crippen molar-refractivity contribution in [1.29, 1.82) is 0 Å². The van der Waals surface area contributed by atoms with Gasteiger partial charge in [0.25, 0.3) is 0 Å². The Bertz CT molecular complexity index is 1360. The lowest BCUT2D eigenvalue weighted by atomic mass is 10.0. The number of carbonyl (C=O) groups is 2. The Morgan fingerprint density at radius 2 is 1.59 bits per heavy atom. The van der Waals surface area contributed by atoms with Crippen LogP contribution in [0, 0.1) is 11.6 Å². The van der Waals surface area contributed by atoms with E-state index in [1.54, 1.807) is 24.3 Å². The zero-order valence-corrected chi connectivity index (χ0v) is 22.6. The Morgan fingerprint density at radius 1 is 0.946 bits per heavy atom. The molecule has 3 aromatic carbocycles. The first-order valence-electron chi connectivity index (χ1n) is 11.2. The van der Waals surface area contributed by atoms with Crippen LogP contribution in [0.2, 0.25) is 0 Å². The van der Waals surface area contributed by atoms with Gasteiger partial charge >= 0.3 is 0 Å². The average Bonchev–Trinajstić information content (AvgIpc) is 2.87. The topological polar surface area (TPSA) is 86.8 Å². The lowest BCUT2D eigenvalue weighted by Crippen LogP contribution is -2.52. The number of hydrogen-bond acceptors (Lipinski definition) is 4. The average molecular weight is 594 g/mol. The van der Waals surface area contributed by atoms with E-state index in [4.69, 9.17) is 0 Å². The first kappa shape index (κ1) is 28.3. The second-order valence-electron chi connectivity index (χ2n) is 8.34. The molecule has 0 heterocycles. The van der Waals surface area contributed by atoms with Crippen molar-refractivity contribution >= 4 is 43.5 Å². The fourth-order valence-corrected chi connectivity index (χ4v) is 4.87. The van der Waals surface area contributed by atoms with Crippen molar-refractivity contribution in [3.8, 4) is 0 Å². The normalized spacial score (nSPS) is 12.0. The highest BCUT2D eigenvalue weighted by Gasteiger charge is 2.32. The highest BCUT2D eigenvalue weighted by molar-refractivity contribution is 9.10. The number of benzene rings is 3. The van der Waals surface area contributed by atoms with Crippen molar-refractivity contribution in [2.45, 2.75) is 19.0 Å². The van der Waals surface area contributed by atoms with E-state index < -0.39 is 46.1 Å². The predicted molar refractivity (Wildman–Crippen MR) is 141 cm³/mol. The van der Waals surface area contributed by atoms with Crippen molar-refractivity contribution in [1.82, 2.24) is 10.2 Å². The number of rotatable bonds is 10. The van der Waals surface area contributed by atoms with E-state index in [9.17, 15) is 26.8 Å². The van der Waals surface area contributed by atoms with E-state index in [0.717, 1.165) is 28.4 Å². The number of sulfonamides is 1. The second-order valence-corrected chi connectivity index (χ2v) is 11.2. The van der Waals surface area contributed by atoms with Crippen LogP contribution in [0.25, 0.3) is 0 Å². The van der Waals surface area contributed by atoms with Crippen molar-refractivity contribution in [3.63, 3.8) is 0 Å². The molecule has 11 heteroatoms. The largest absolute Gasteiger partial charge is 0.357 e. The molecule has 0 fully saturated rings. The number of amides is 2. The van der Waals surface area contributed by atoms with Crippen molar-refractivity contribution < 1.29 is 26.8 Å². The summed E-state index contributed by atoms with van der Waals surface area (Å²) in [7, 11) is -2.62. The molecule has 0 aromatic heterocycles. The van der Waals surface area contributed by atoms with Gasteiger partial charge in [0.15, 0.2) is 11.6 Å². The van der Waals surface area contributed by atoms with Gasteiger partial charge in [-0.15, -0.1) is 0 Å². The smallest absolute Gasteiger partial charge is 0.244 e. The highest BCUT2D eigenvalue weighted by Crippen LogP contribution is 2.22. The molecule has 0 bridgehead atoms. The van der Waals surface area contributed by atoms with Gasteiger partial charge in [0.1, 0.15) is 12.6 Å². The van der Waals surface area contributed by atoms with Crippen molar-refractivity contribution in [2.75, 3.05) is 24.2 Å². The number of hydrogen-bond donors (Lipinski definition) is 1. The van der Waals surface area contributed by atoms with E-state index in [1.165, 1.54) is 11.9 Å². The van der Waals surface area contributed by atoms with Gasteiger partial charge in [-0.25, -0.2) is 17.2 Å². The molecule has 196 valence electrons. The number of likely N-dealkylation sites (N-methyl/N-ethyl adjacent to an activating group) is 1. The molecule has 3 rings (SSSR count). The Balaban J connectivity index is 2.03. The molecule has 0 saturated carbocycles. The molecule has 1 atom stereocenters. The van der Waals surface area contributed by atoms with E-state index in [1.807, 2.05) is 30.3 Å². The minimum Gasteiger partial charge on any atom is -0.357 e. The molecule has 7 nitrogen and oxygen atoms in total. The maximum Gasteiger partial charge on any atom is 0.244 e. The molecule has 3 aromatic rings. The van der Waals surface area contributed by atoms with Gasteiger partial charge in [0.2, 0.25) is 21.8 Å². The second kappa shape index (κ2) is 12.3. The summed E-state index contributed by atoms with van der Waals surface area (Å²) >= 11 is 3.36. The number of nitrogens with one attached hydrogen (secondary N) is 1. The highest BCUT2D eigenvalue weighted by atomic mass is 79.9. The maximum absolute atomic E-state index is 13.9. The number of halogens is 3. The molecule has 2 amide bonds. The van der Waals surface area contributed by atoms with Gasteiger partial charge < -0.3 is 10.2 Å². The molecule has 0 aliphatic carbocycles. The quantitative estimate of drug-likeness (QED) is 0.386. The first-order valence-corrected chi connectivity index (χ1v) is 13.9. The summed E-state index contributed by atoms with van der Waals surface area (Å²) in [5.74, 6) is -3.53. The van der Waals surface area contributed by atoms with Crippen LogP contribution < -0.4 is 9.62 Å². The molecule has 37 heavy (non-hydrogen) atoms. The third-order valence-corrected chi connectivity index (χ3v) is 7.32. The summed E-state index contributed by atoms with van der Waals surface area (Å²) in [5.41, 5.74) is 1.29.